The zero-order chi connectivity index (χ0) is 16.9. The minimum absolute atomic E-state index is 0.423. The number of thioether (sulfide) groups is 1. The van der Waals surface area contributed by atoms with Gasteiger partial charge in [-0.15, -0.1) is 11.8 Å². The third kappa shape index (κ3) is 5.24. The lowest BCUT2D eigenvalue weighted by molar-refractivity contribution is -0.137. The number of unbranched alkanes of at least 4 members (excludes halogenated alkanes) is 3. The van der Waals surface area contributed by atoms with Crippen LogP contribution in [0, 0.1) is 6.92 Å². The molecule has 6 heteroatoms. The van der Waals surface area contributed by atoms with E-state index in [2.05, 4.69) is 27.6 Å². The Labute approximate surface area is 152 Å². The van der Waals surface area contributed by atoms with E-state index >= 15 is 0 Å². The highest BCUT2D eigenvalue weighted by atomic mass is 127. The van der Waals surface area contributed by atoms with E-state index in [0.29, 0.717) is 11.1 Å². The summed E-state index contributed by atoms with van der Waals surface area (Å²) in [4.78, 5) is 5.15. The number of hydrogen-bond acceptors (Lipinski definition) is 2. The van der Waals surface area contributed by atoms with Crippen LogP contribution in [0.15, 0.2) is 29.3 Å². The van der Waals surface area contributed by atoms with E-state index in [0.717, 1.165) is 28.5 Å². The fourth-order valence-electron chi connectivity index (χ4n) is 2.48. The van der Waals surface area contributed by atoms with Gasteiger partial charge >= 0.3 is 6.18 Å². The van der Waals surface area contributed by atoms with Crippen LogP contribution in [0.5, 0.6) is 0 Å². The third-order valence-electron chi connectivity index (χ3n) is 3.61. The second-order valence-electron chi connectivity index (χ2n) is 5.45. The molecule has 1 heterocycles. The molecule has 0 saturated carbocycles. The number of hydrogen-bond donors (Lipinski definition) is 0. The molecule has 0 bridgehead atoms. The minimum Gasteiger partial charge on any atom is -0.256 e. The first-order chi connectivity index (χ1) is 10.9. The normalized spacial score (nSPS) is 12.0. The van der Waals surface area contributed by atoms with Crippen LogP contribution in [0.3, 0.4) is 0 Å². The van der Waals surface area contributed by atoms with Crippen LogP contribution < -0.4 is 0 Å². The zero-order valence-electron chi connectivity index (χ0n) is 12.9. The van der Waals surface area contributed by atoms with Crippen LogP contribution in [-0.4, -0.2) is 15.2 Å². The second-order valence-corrected chi connectivity index (χ2v) is 7.66. The average Bonchev–Trinajstić information content (AvgIpc) is 2.49. The molecule has 2 aromatic rings. The maximum Gasteiger partial charge on any atom is 0.416 e. The lowest BCUT2D eigenvalue weighted by Gasteiger charge is -2.12. The van der Waals surface area contributed by atoms with Crippen molar-refractivity contribution in [2.24, 2.45) is 0 Å². The Balaban J connectivity index is 2.15. The lowest BCUT2D eigenvalue weighted by Crippen LogP contribution is -2.05. The molecule has 1 aromatic heterocycles. The summed E-state index contributed by atoms with van der Waals surface area (Å²) < 4.78 is 39.9. The van der Waals surface area contributed by atoms with E-state index in [1.807, 2.05) is 6.07 Å². The molecule has 0 aliphatic heterocycles. The van der Waals surface area contributed by atoms with Crippen molar-refractivity contribution < 1.29 is 13.2 Å². The van der Waals surface area contributed by atoms with Gasteiger partial charge in [-0.2, -0.15) is 13.2 Å². The van der Waals surface area contributed by atoms with E-state index in [1.165, 1.54) is 29.8 Å². The number of halogens is 4. The Morgan fingerprint density at radius 1 is 1.13 bits per heavy atom. The first-order valence-corrected chi connectivity index (χ1v) is 10.1. The number of aromatic nitrogens is 1. The average molecular weight is 453 g/mol. The van der Waals surface area contributed by atoms with Gasteiger partial charge in [-0.3, -0.25) is 4.98 Å². The van der Waals surface area contributed by atoms with Gasteiger partial charge in [0.15, 0.2) is 0 Å². The molecule has 0 amide bonds. The Kier molecular flexibility index (Phi) is 7.00. The van der Waals surface area contributed by atoms with Crippen molar-refractivity contribution >= 4 is 45.3 Å². The molecule has 0 radical (unpaired) electrons. The smallest absolute Gasteiger partial charge is 0.256 e. The molecule has 0 fully saturated rings. The van der Waals surface area contributed by atoms with E-state index in [1.54, 1.807) is 24.9 Å². The van der Waals surface area contributed by atoms with Crippen LogP contribution in [-0.2, 0) is 6.18 Å². The monoisotopic (exact) mass is 453 g/mol. The first kappa shape index (κ1) is 18.8. The predicted octanol–water partition coefficient (Wildman–Crippen LogP) is 6.65. The molecule has 0 unspecified atom stereocenters. The maximum absolute atomic E-state index is 12.9. The van der Waals surface area contributed by atoms with Crippen LogP contribution in [0.1, 0.15) is 36.8 Å². The molecular weight excluding hydrogens is 434 g/mol. The molecule has 2 rings (SSSR count). The molecular formula is C17H19F3INS. The summed E-state index contributed by atoms with van der Waals surface area (Å²) >= 11 is 4.10. The Bertz CT molecular complexity index is 658. The molecule has 0 spiro atoms. The van der Waals surface area contributed by atoms with Gasteiger partial charge < -0.3 is 0 Å². The van der Waals surface area contributed by atoms with E-state index in [9.17, 15) is 13.2 Å². The number of rotatable bonds is 7. The van der Waals surface area contributed by atoms with Gasteiger partial charge in [0.05, 0.1) is 11.1 Å². The standard InChI is InChI=1S/C17H19F3INS/c1-12-10-13(17(18,19)20)11-14-16(12)15(6-8-22-14)23-9-5-3-2-4-7-21/h6,8,10-11H,2-5,7,9H2,1H3. The number of aryl methyl sites for hydroxylation is 1. The third-order valence-corrected chi connectivity index (χ3v) is 5.52. The molecule has 126 valence electrons. The van der Waals surface area contributed by atoms with Crippen molar-refractivity contribution in [3.05, 3.63) is 35.5 Å². The second kappa shape index (κ2) is 8.55. The largest absolute Gasteiger partial charge is 0.416 e. The van der Waals surface area contributed by atoms with Crippen molar-refractivity contribution in [1.82, 2.24) is 4.98 Å². The number of benzene rings is 1. The van der Waals surface area contributed by atoms with Gasteiger partial charge in [-0.25, -0.2) is 0 Å². The van der Waals surface area contributed by atoms with Gasteiger partial charge in [-0.1, -0.05) is 35.4 Å². The lowest BCUT2D eigenvalue weighted by atomic mass is 10.1. The molecule has 1 nitrogen and oxygen atoms in total. The van der Waals surface area contributed by atoms with Gasteiger partial charge in [-0.05, 0) is 53.7 Å². The SMILES string of the molecule is Cc1cc(C(F)(F)F)cc2nccc(SCCCCCCI)c12. The summed E-state index contributed by atoms with van der Waals surface area (Å²) in [5.41, 5.74) is 0.429. The highest BCUT2D eigenvalue weighted by Gasteiger charge is 2.31. The predicted molar refractivity (Wildman–Crippen MR) is 99.6 cm³/mol. The summed E-state index contributed by atoms with van der Waals surface area (Å²) in [5, 5.41) is 0.845. The van der Waals surface area contributed by atoms with E-state index < -0.39 is 11.7 Å². The van der Waals surface area contributed by atoms with Crippen LogP contribution in [0.2, 0.25) is 0 Å². The van der Waals surface area contributed by atoms with Crippen molar-refractivity contribution in [1.29, 1.82) is 0 Å². The minimum atomic E-state index is -4.33. The number of nitrogens with zero attached hydrogens (tertiary/aromatic N) is 1. The van der Waals surface area contributed by atoms with Crippen molar-refractivity contribution in [3.63, 3.8) is 0 Å². The highest BCUT2D eigenvalue weighted by Crippen LogP contribution is 2.36. The van der Waals surface area contributed by atoms with Crippen LogP contribution >= 0.6 is 34.4 Å². The number of fused-ring (bicyclic) bond motifs is 1. The van der Waals surface area contributed by atoms with Gasteiger partial charge in [0.1, 0.15) is 0 Å². The number of alkyl halides is 4. The Morgan fingerprint density at radius 3 is 2.57 bits per heavy atom. The topological polar surface area (TPSA) is 12.9 Å². The molecule has 23 heavy (non-hydrogen) atoms. The van der Waals surface area contributed by atoms with Crippen LogP contribution in [0.4, 0.5) is 13.2 Å². The van der Waals surface area contributed by atoms with Gasteiger partial charge in [0.2, 0.25) is 0 Å². The Morgan fingerprint density at radius 2 is 1.87 bits per heavy atom. The zero-order valence-corrected chi connectivity index (χ0v) is 15.9. The summed E-state index contributed by atoms with van der Waals surface area (Å²) in [6.45, 7) is 1.73. The van der Waals surface area contributed by atoms with Gasteiger partial charge in [0.25, 0.3) is 0 Å². The fraction of sp³-hybridized carbons (Fsp3) is 0.471. The molecule has 0 saturated heterocycles. The maximum atomic E-state index is 12.9. The molecule has 0 aliphatic rings. The fourth-order valence-corrected chi connectivity index (χ4v) is 4.15. The Hall–Kier alpha value is -0.500. The van der Waals surface area contributed by atoms with Crippen molar-refractivity contribution in [2.45, 2.75) is 43.7 Å². The molecule has 0 atom stereocenters. The van der Waals surface area contributed by atoms with Gasteiger partial charge in [0, 0.05) is 16.5 Å². The molecule has 0 N–H and O–H groups in total. The summed E-state index contributed by atoms with van der Waals surface area (Å²) in [7, 11) is 0. The van der Waals surface area contributed by atoms with E-state index in [4.69, 9.17) is 0 Å². The molecule has 0 aliphatic carbocycles. The first-order valence-electron chi connectivity index (χ1n) is 7.59. The van der Waals surface area contributed by atoms with Crippen molar-refractivity contribution in [2.75, 3.05) is 10.2 Å². The van der Waals surface area contributed by atoms with E-state index in [-0.39, 0.29) is 0 Å². The summed E-state index contributed by atoms with van der Waals surface area (Å²) in [6, 6.07) is 4.26. The molecule has 1 aromatic carbocycles. The van der Waals surface area contributed by atoms with Crippen LogP contribution in [0.25, 0.3) is 10.9 Å². The quantitative estimate of drug-likeness (QED) is 0.202. The highest BCUT2D eigenvalue weighted by molar-refractivity contribution is 14.1. The van der Waals surface area contributed by atoms with Crippen molar-refractivity contribution in [3.8, 4) is 0 Å². The summed E-state index contributed by atoms with van der Waals surface area (Å²) in [5.74, 6) is 0.987. The number of pyridine rings is 1. The summed E-state index contributed by atoms with van der Waals surface area (Å²) in [6.07, 6.45) is 2.10.